The van der Waals surface area contributed by atoms with Crippen LogP contribution in [-0.4, -0.2) is 0 Å². The molecule has 0 aliphatic rings. The van der Waals surface area contributed by atoms with Gasteiger partial charge in [-0.2, -0.15) is 10.5 Å². The molecule has 3 nitrogen and oxygen atoms in total. The van der Waals surface area contributed by atoms with E-state index in [2.05, 4.69) is 163 Å². The molecule has 284 valence electrons. The zero-order valence-electron chi connectivity index (χ0n) is 34.6. The summed E-state index contributed by atoms with van der Waals surface area (Å²) in [6.45, 7) is 17.6. The molecule has 0 aliphatic heterocycles. The Balaban J connectivity index is 0.000000236. The predicted molar refractivity (Wildman–Crippen MR) is 244 cm³/mol. The molecule has 8 aromatic rings. The van der Waals surface area contributed by atoms with Crippen molar-refractivity contribution in [2.75, 3.05) is 4.90 Å². The fraction of sp³-hybridized carbons (Fsp3) is 0.222. The van der Waals surface area contributed by atoms with Gasteiger partial charge in [0.25, 0.3) is 0 Å². The monoisotopic (exact) mass is 743 g/mol. The van der Waals surface area contributed by atoms with E-state index in [1.165, 1.54) is 60.1 Å². The average Bonchev–Trinajstić information content (AvgIpc) is 3.24. The Kier molecular flexibility index (Phi) is 12.7. The summed E-state index contributed by atoms with van der Waals surface area (Å²) in [5.74, 6) is 1.64. The lowest BCUT2D eigenvalue weighted by Crippen LogP contribution is -2.11. The summed E-state index contributed by atoms with van der Waals surface area (Å²) >= 11 is 0. The molecule has 0 saturated heterocycles. The van der Waals surface area contributed by atoms with E-state index in [1.807, 2.05) is 55.5 Å². The first-order valence-corrected chi connectivity index (χ1v) is 20.2. The van der Waals surface area contributed by atoms with Crippen molar-refractivity contribution in [1.82, 2.24) is 0 Å². The third-order valence-corrected chi connectivity index (χ3v) is 11.1. The smallest absolute Gasteiger partial charge is 0.0991 e. The van der Waals surface area contributed by atoms with Crippen LogP contribution in [0.5, 0.6) is 0 Å². The minimum absolute atomic E-state index is 0.474. The maximum Gasteiger partial charge on any atom is 0.0991 e. The van der Waals surface area contributed by atoms with Crippen LogP contribution < -0.4 is 4.90 Å². The standard InChI is InChI=1S/C36H32N2.C10H14.C8H7N/c1-5-24(4)31-18-10-27-12-20-33-34(21-13-28-11-19-32(31)35(27)36(28)33)38(29-14-6-25(22-37)7-15-29)30-16-8-26(9-17-30)23(2)3;1-8(2)10-6-4-9(3)5-7-10;1-7-2-4-8(6-9)5-3-7/h6-21,23-24H,5H2,1-4H3;4-8H,1-3H3;2-5H,1H3. The molecule has 0 radical (unpaired) electrons. The van der Waals surface area contributed by atoms with Gasteiger partial charge in [-0.25, -0.2) is 0 Å². The summed E-state index contributed by atoms with van der Waals surface area (Å²) in [6.07, 6.45) is 1.12. The molecular formula is C54H53N3. The number of anilines is 3. The zero-order valence-corrected chi connectivity index (χ0v) is 34.6. The largest absolute Gasteiger partial charge is 0.310 e. The van der Waals surface area contributed by atoms with E-state index in [0.717, 1.165) is 29.0 Å². The van der Waals surface area contributed by atoms with Gasteiger partial charge in [0.2, 0.25) is 0 Å². The fourth-order valence-electron chi connectivity index (χ4n) is 7.35. The van der Waals surface area contributed by atoms with E-state index in [9.17, 15) is 5.26 Å². The van der Waals surface area contributed by atoms with E-state index < -0.39 is 0 Å². The van der Waals surface area contributed by atoms with Crippen LogP contribution in [-0.2, 0) is 0 Å². The highest BCUT2D eigenvalue weighted by Crippen LogP contribution is 2.45. The molecule has 3 heteroatoms. The minimum Gasteiger partial charge on any atom is -0.310 e. The first kappa shape index (κ1) is 40.2. The highest BCUT2D eigenvalue weighted by molar-refractivity contribution is 6.26. The van der Waals surface area contributed by atoms with Gasteiger partial charge >= 0.3 is 0 Å². The molecule has 0 saturated carbocycles. The second-order valence-electron chi connectivity index (χ2n) is 15.8. The molecule has 1 atom stereocenters. The predicted octanol–water partition coefficient (Wildman–Crippen LogP) is 15.5. The first-order valence-electron chi connectivity index (χ1n) is 20.2. The number of hydrogen-bond acceptors (Lipinski definition) is 3. The van der Waals surface area contributed by atoms with Crippen molar-refractivity contribution in [2.45, 2.75) is 79.6 Å². The van der Waals surface area contributed by atoms with Crippen molar-refractivity contribution in [3.8, 4) is 12.1 Å². The summed E-state index contributed by atoms with van der Waals surface area (Å²) in [5, 5.41) is 25.6. The quantitative estimate of drug-likeness (QED) is 0.153. The van der Waals surface area contributed by atoms with Gasteiger partial charge in [-0.3, -0.25) is 0 Å². The zero-order chi connectivity index (χ0) is 40.6. The van der Waals surface area contributed by atoms with Crippen LogP contribution >= 0.6 is 0 Å². The number of rotatable bonds is 7. The van der Waals surface area contributed by atoms with Gasteiger partial charge in [0.05, 0.1) is 29.0 Å². The number of hydrogen-bond donors (Lipinski definition) is 0. The minimum atomic E-state index is 0.474. The van der Waals surface area contributed by atoms with Crippen LogP contribution in [0, 0.1) is 36.5 Å². The summed E-state index contributed by atoms with van der Waals surface area (Å²) in [6, 6.07) is 55.5. The number of nitriles is 2. The second kappa shape index (κ2) is 18.0. The van der Waals surface area contributed by atoms with Gasteiger partial charge in [-0.05, 0) is 136 Å². The Hall–Kier alpha value is -6.42. The molecule has 8 aromatic carbocycles. The first-order chi connectivity index (χ1) is 27.5. The summed E-state index contributed by atoms with van der Waals surface area (Å²) in [5.41, 5.74) is 11.4. The van der Waals surface area contributed by atoms with Crippen molar-refractivity contribution in [3.63, 3.8) is 0 Å². The molecule has 0 fully saturated rings. The van der Waals surface area contributed by atoms with E-state index in [4.69, 9.17) is 5.26 Å². The van der Waals surface area contributed by atoms with Crippen LogP contribution in [0.15, 0.2) is 146 Å². The number of benzene rings is 8. The van der Waals surface area contributed by atoms with Gasteiger partial charge in [0, 0.05) is 16.8 Å². The molecule has 0 heterocycles. The van der Waals surface area contributed by atoms with Crippen molar-refractivity contribution in [3.05, 3.63) is 185 Å². The lowest BCUT2D eigenvalue weighted by molar-refractivity contribution is 0.740. The van der Waals surface area contributed by atoms with Crippen LogP contribution in [0.4, 0.5) is 17.1 Å². The molecule has 0 spiro atoms. The lowest BCUT2D eigenvalue weighted by atomic mass is 9.87. The molecular weight excluding hydrogens is 691 g/mol. The van der Waals surface area contributed by atoms with Crippen LogP contribution in [0.1, 0.15) is 105 Å². The summed E-state index contributed by atoms with van der Waals surface area (Å²) in [4.78, 5) is 2.33. The second-order valence-corrected chi connectivity index (χ2v) is 15.8. The molecule has 1 unspecified atom stereocenters. The Labute approximate surface area is 339 Å². The topological polar surface area (TPSA) is 50.8 Å². The van der Waals surface area contributed by atoms with Crippen LogP contribution in [0.3, 0.4) is 0 Å². The highest BCUT2D eigenvalue weighted by Gasteiger charge is 2.20. The summed E-state index contributed by atoms with van der Waals surface area (Å²) in [7, 11) is 0. The van der Waals surface area contributed by atoms with Gasteiger partial charge in [-0.1, -0.05) is 144 Å². The Morgan fingerprint density at radius 1 is 0.474 bits per heavy atom. The van der Waals surface area contributed by atoms with Crippen LogP contribution in [0.25, 0.3) is 32.3 Å². The highest BCUT2D eigenvalue weighted by atomic mass is 15.1. The fourth-order valence-corrected chi connectivity index (χ4v) is 7.35. The number of aryl methyl sites for hydroxylation is 2. The van der Waals surface area contributed by atoms with Gasteiger partial charge in [0.1, 0.15) is 0 Å². The molecule has 0 amide bonds. The van der Waals surface area contributed by atoms with E-state index >= 15 is 0 Å². The molecule has 57 heavy (non-hydrogen) atoms. The summed E-state index contributed by atoms with van der Waals surface area (Å²) < 4.78 is 0. The molecule has 8 rings (SSSR count). The van der Waals surface area contributed by atoms with Crippen molar-refractivity contribution in [1.29, 1.82) is 10.5 Å². The van der Waals surface area contributed by atoms with Crippen molar-refractivity contribution in [2.24, 2.45) is 0 Å². The third kappa shape index (κ3) is 9.02. The van der Waals surface area contributed by atoms with E-state index in [-0.39, 0.29) is 0 Å². The van der Waals surface area contributed by atoms with Crippen LogP contribution in [0.2, 0.25) is 0 Å². The normalized spacial score (nSPS) is 11.4. The maximum absolute atomic E-state index is 9.40. The number of nitrogens with zero attached hydrogens (tertiary/aromatic N) is 3. The van der Waals surface area contributed by atoms with Crippen molar-refractivity contribution < 1.29 is 0 Å². The van der Waals surface area contributed by atoms with Gasteiger partial charge in [0.15, 0.2) is 0 Å². The average molecular weight is 744 g/mol. The third-order valence-electron chi connectivity index (χ3n) is 11.1. The molecule has 0 aromatic heterocycles. The molecule has 0 aliphatic carbocycles. The Bertz CT molecular complexity index is 2640. The molecule has 0 bridgehead atoms. The Morgan fingerprint density at radius 3 is 1.37 bits per heavy atom. The SMILES string of the molecule is CCC(C)c1ccc2ccc3c(N(c4ccc(C#N)cc4)c4ccc(C(C)C)cc4)ccc4ccc1c2c43.Cc1ccc(C#N)cc1.Cc1ccc(C(C)C)cc1. The lowest BCUT2D eigenvalue weighted by Gasteiger charge is -2.28. The van der Waals surface area contributed by atoms with Crippen molar-refractivity contribution >= 4 is 49.4 Å². The van der Waals surface area contributed by atoms with E-state index in [0.29, 0.717) is 23.3 Å². The van der Waals surface area contributed by atoms with Gasteiger partial charge < -0.3 is 4.90 Å². The van der Waals surface area contributed by atoms with Gasteiger partial charge in [-0.15, -0.1) is 0 Å². The van der Waals surface area contributed by atoms with E-state index in [1.54, 1.807) is 0 Å². The Morgan fingerprint density at radius 2 is 0.877 bits per heavy atom. The maximum atomic E-state index is 9.40. The molecule has 0 N–H and O–H groups in total.